The lowest BCUT2D eigenvalue weighted by molar-refractivity contribution is -0.885. The molecule has 3 N–H and O–H groups in total. The Morgan fingerprint density at radius 2 is 1.86 bits per heavy atom. The topological polar surface area (TPSA) is 62.6 Å². The number of hydrogen-bond donors (Lipinski definition) is 3. The molecule has 0 aliphatic rings. The van der Waals surface area contributed by atoms with Crippen LogP contribution in [0.1, 0.15) is 19.4 Å². The summed E-state index contributed by atoms with van der Waals surface area (Å²) in [5.74, 6) is -0.288. The average molecular weight is 296 g/mol. The molecule has 0 spiro atoms. The van der Waals surface area contributed by atoms with E-state index in [4.69, 9.17) is 0 Å². The fraction of sp³-hybridized carbons (Fsp3) is 0.467. The molecule has 21 heavy (non-hydrogen) atoms. The van der Waals surface area contributed by atoms with Crippen LogP contribution < -0.4 is 15.5 Å². The normalized spacial score (nSPS) is 12.0. The largest absolute Gasteiger partial charge is 0.338 e. The lowest BCUT2D eigenvalue weighted by Crippen LogP contribution is -3.09. The van der Waals surface area contributed by atoms with Crippen LogP contribution in [0.5, 0.6) is 0 Å². The summed E-state index contributed by atoms with van der Waals surface area (Å²) in [5.41, 5.74) is 0.936. The smallest absolute Gasteiger partial charge is 0.321 e. The predicted octanol–water partition coefficient (Wildman–Crippen LogP) is 0.322. The van der Waals surface area contributed by atoms with Crippen LogP contribution in [0.4, 0.5) is 9.18 Å². The van der Waals surface area contributed by atoms with Crippen LogP contribution >= 0.6 is 0 Å². The molecule has 0 bridgehead atoms. The molecule has 0 saturated carbocycles. The number of carbonyl (C=O) groups is 2. The molecule has 1 aromatic carbocycles. The summed E-state index contributed by atoms with van der Waals surface area (Å²) < 4.78 is 12.8. The van der Waals surface area contributed by atoms with Gasteiger partial charge in [-0.25, -0.2) is 9.18 Å². The zero-order valence-electron chi connectivity index (χ0n) is 12.7. The maximum atomic E-state index is 12.8. The lowest BCUT2D eigenvalue weighted by atomic mass is 10.2. The first-order valence-corrected chi connectivity index (χ1v) is 7.00. The van der Waals surface area contributed by atoms with Crippen molar-refractivity contribution in [2.45, 2.75) is 20.4 Å². The van der Waals surface area contributed by atoms with Gasteiger partial charge in [0.1, 0.15) is 12.4 Å². The maximum Gasteiger partial charge on any atom is 0.321 e. The van der Waals surface area contributed by atoms with Gasteiger partial charge in [-0.15, -0.1) is 0 Å². The zero-order chi connectivity index (χ0) is 15.8. The summed E-state index contributed by atoms with van der Waals surface area (Å²) in [5, 5.41) is 4.91. The molecule has 1 rings (SSSR count). The Morgan fingerprint density at radius 1 is 1.24 bits per heavy atom. The first-order chi connectivity index (χ1) is 9.86. The quantitative estimate of drug-likeness (QED) is 0.708. The molecule has 6 heteroatoms. The number of rotatable bonds is 6. The van der Waals surface area contributed by atoms with Gasteiger partial charge >= 0.3 is 6.03 Å². The van der Waals surface area contributed by atoms with Gasteiger partial charge in [-0.1, -0.05) is 26.0 Å². The van der Waals surface area contributed by atoms with Gasteiger partial charge in [0.05, 0.1) is 7.05 Å². The molecule has 1 unspecified atom stereocenters. The van der Waals surface area contributed by atoms with Crippen molar-refractivity contribution < 1.29 is 18.9 Å². The summed E-state index contributed by atoms with van der Waals surface area (Å²) in [6, 6.07) is 5.69. The number of quaternary nitrogens is 1. The van der Waals surface area contributed by atoms with E-state index < -0.39 is 6.03 Å². The zero-order valence-corrected chi connectivity index (χ0v) is 12.7. The van der Waals surface area contributed by atoms with Crippen LogP contribution in [-0.4, -0.2) is 32.1 Å². The van der Waals surface area contributed by atoms with Crippen molar-refractivity contribution in [3.8, 4) is 0 Å². The second-order valence-corrected chi connectivity index (χ2v) is 5.59. The van der Waals surface area contributed by atoms with E-state index in [0.29, 0.717) is 19.0 Å². The molecule has 0 aliphatic heterocycles. The molecule has 3 amide bonds. The number of likely N-dealkylation sites (N-methyl/N-ethyl adjacent to an activating group) is 1. The van der Waals surface area contributed by atoms with Crippen molar-refractivity contribution in [1.82, 2.24) is 10.6 Å². The van der Waals surface area contributed by atoms with Gasteiger partial charge in [-0.05, 0) is 18.1 Å². The predicted molar refractivity (Wildman–Crippen MR) is 78.2 cm³/mol. The number of amides is 3. The van der Waals surface area contributed by atoms with E-state index >= 15 is 0 Å². The second kappa shape index (κ2) is 8.36. The van der Waals surface area contributed by atoms with Crippen molar-refractivity contribution in [2.24, 2.45) is 5.92 Å². The number of halogens is 1. The van der Waals surface area contributed by atoms with E-state index in [2.05, 4.69) is 10.6 Å². The Kier molecular flexibility index (Phi) is 6.81. The Balaban J connectivity index is 2.33. The number of urea groups is 1. The highest BCUT2D eigenvalue weighted by atomic mass is 19.1. The Labute approximate surface area is 124 Å². The molecular formula is C15H23FN3O2+. The van der Waals surface area contributed by atoms with Crippen LogP contribution in [0.25, 0.3) is 0 Å². The Bertz CT molecular complexity index is 474. The van der Waals surface area contributed by atoms with Crippen LogP contribution in [0.15, 0.2) is 24.3 Å². The highest BCUT2D eigenvalue weighted by Crippen LogP contribution is 2.00. The van der Waals surface area contributed by atoms with Gasteiger partial charge in [0.15, 0.2) is 6.54 Å². The molecule has 1 atom stereocenters. The van der Waals surface area contributed by atoms with E-state index in [0.717, 1.165) is 10.5 Å². The Morgan fingerprint density at radius 3 is 2.43 bits per heavy atom. The summed E-state index contributed by atoms with van der Waals surface area (Å²) in [4.78, 5) is 24.1. The summed E-state index contributed by atoms with van der Waals surface area (Å²) in [7, 11) is 1.84. The number of carbonyl (C=O) groups excluding carboxylic acids is 2. The van der Waals surface area contributed by atoms with Crippen LogP contribution in [0.2, 0.25) is 0 Å². The van der Waals surface area contributed by atoms with E-state index in [-0.39, 0.29) is 18.3 Å². The van der Waals surface area contributed by atoms with E-state index in [1.165, 1.54) is 12.1 Å². The fourth-order valence-electron chi connectivity index (χ4n) is 1.80. The Hall–Kier alpha value is -1.95. The van der Waals surface area contributed by atoms with E-state index in [1.807, 2.05) is 20.9 Å². The third-order valence-electron chi connectivity index (χ3n) is 2.81. The van der Waals surface area contributed by atoms with Gasteiger partial charge in [0, 0.05) is 12.1 Å². The van der Waals surface area contributed by atoms with Crippen LogP contribution in [-0.2, 0) is 11.3 Å². The van der Waals surface area contributed by atoms with Crippen molar-refractivity contribution in [3.63, 3.8) is 0 Å². The molecule has 0 heterocycles. The van der Waals surface area contributed by atoms with Gasteiger partial charge in [0.2, 0.25) is 0 Å². The molecule has 0 aromatic heterocycles. The highest BCUT2D eigenvalue weighted by Gasteiger charge is 2.13. The van der Waals surface area contributed by atoms with Crippen molar-refractivity contribution >= 4 is 11.9 Å². The molecule has 0 radical (unpaired) electrons. The fourth-order valence-corrected chi connectivity index (χ4v) is 1.80. The minimum Gasteiger partial charge on any atom is -0.338 e. The average Bonchev–Trinajstić information content (AvgIpc) is 2.38. The molecule has 1 aromatic rings. The second-order valence-electron chi connectivity index (χ2n) is 5.59. The lowest BCUT2D eigenvalue weighted by Gasteiger charge is -2.14. The summed E-state index contributed by atoms with van der Waals surface area (Å²) in [6.07, 6.45) is 0. The minimum absolute atomic E-state index is 0.173. The van der Waals surface area contributed by atoms with Gasteiger partial charge in [-0.3, -0.25) is 10.1 Å². The molecule has 5 nitrogen and oxygen atoms in total. The molecule has 116 valence electrons. The molecule has 0 fully saturated rings. The number of hydrogen-bond acceptors (Lipinski definition) is 2. The third-order valence-corrected chi connectivity index (χ3v) is 2.81. The van der Waals surface area contributed by atoms with E-state index in [1.54, 1.807) is 12.1 Å². The highest BCUT2D eigenvalue weighted by molar-refractivity contribution is 5.94. The third kappa shape index (κ3) is 7.41. The van der Waals surface area contributed by atoms with Crippen molar-refractivity contribution in [1.29, 1.82) is 0 Å². The first kappa shape index (κ1) is 17.1. The SMILES string of the molecule is CC(C)CNC(=O)NC(=O)C[NH+](C)Cc1ccc(F)cc1. The first-order valence-electron chi connectivity index (χ1n) is 7.00. The molecular weight excluding hydrogens is 273 g/mol. The van der Waals surface area contributed by atoms with Crippen LogP contribution in [0.3, 0.4) is 0 Å². The maximum absolute atomic E-state index is 12.8. The van der Waals surface area contributed by atoms with Gasteiger partial charge < -0.3 is 10.2 Å². The van der Waals surface area contributed by atoms with E-state index in [9.17, 15) is 14.0 Å². The summed E-state index contributed by atoms with van der Waals surface area (Å²) in [6.45, 7) is 5.23. The van der Waals surface area contributed by atoms with Crippen molar-refractivity contribution in [2.75, 3.05) is 20.1 Å². The molecule has 0 saturated heterocycles. The minimum atomic E-state index is -0.469. The van der Waals surface area contributed by atoms with Gasteiger partial charge in [0.25, 0.3) is 5.91 Å². The standard InChI is InChI=1S/C15H22FN3O2/c1-11(2)8-17-15(21)18-14(20)10-19(3)9-12-4-6-13(16)7-5-12/h4-7,11H,8-10H2,1-3H3,(H2,17,18,20,21)/p+1. The van der Waals surface area contributed by atoms with Crippen LogP contribution in [0, 0.1) is 11.7 Å². The van der Waals surface area contributed by atoms with Crippen molar-refractivity contribution in [3.05, 3.63) is 35.6 Å². The van der Waals surface area contributed by atoms with Gasteiger partial charge in [-0.2, -0.15) is 0 Å². The number of benzene rings is 1. The summed E-state index contributed by atoms with van der Waals surface area (Å²) >= 11 is 0. The number of imide groups is 1. The monoisotopic (exact) mass is 296 g/mol. The number of nitrogens with one attached hydrogen (secondary N) is 3. The molecule has 0 aliphatic carbocycles.